The van der Waals surface area contributed by atoms with Crippen LogP contribution in [0.5, 0.6) is 11.5 Å². The van der Waals surface area contributed by atoms with Crippen molar-refractivity contribution in [2.45, 2.75) is 26.4 Å². The van der Waals surface area contributed by atoms with Crippen LogP contribution >= 0.6 is 0 Å². The molecule has 1 unspecified atom stereocenters. The summed E-state index contributed by atoms with van der Waals surface area (Å²) in [5, 5.41) is 7.79. The van der Waals surface area contributed by atoms with Gasteiger partial charge in [0.2, 0.25) is 6.79 Å². The zero-order valence-corrected chi connectivity index (χ0v) is 12.0. The number of aromatic nitrogens is 2. The van der Waals surface area contributed by atoms with E-state index in [0.717, 1.165) is 18.0 Å². The lowest BCUT2D eigenvalue weighted by atomic mass is 10.1. The molecule has 0 radical (unpaired) electrons. The monoisotopic (exact) mass is 273 g/mol. The predicted molar refractivity (Wildman–Crippen MR) is 75.8 cm³/mol. The van der Waals surface area contributed by atoms with Crippen LogP contribution in [-0.2, 0) is 13.6 Å². The molecular weight excluding hydrogens is 254 g/mol. The highest BCUT2D eigenvalue weighted by Gasteiger charge is 2.14. The maximum absolute atomic E-state index is 5.39. The number of rotatable bonds is 4. The van der Waals surface area contributed by atoms with Crippen LogP contribution in [-0.4, -0.2) is 16.6 Å². The van der Waals surface area contributed by atoms with Gasteiger partial charge in [-0.05, 0) is 31.5 Å². The lowest BCUT2D eigenvalue weighted by Crippen LogP contribution is -2.18. The van der Waals surface area contributed by atoms with Crippen molar-refractivity contribution in [3.8, 4) is 11.5 Å². The molecule has 5 nitrogen and oxygen atoms in total. The molecular formula is C15H19N3O2. The van der Waals surface area contributed by atoms with Crippen LogP contribution < -0.4 is 14.8 Å². The molecule has 1 aliphatic heterocycles. The Kier molecular flexibility index (Phi) is 3.36. The van der Waals surface area contributed by atoms with E-state index >= 15 is 0 Å². The largest absolute Gasteiger partial charge is 0.454 e. The number of nitrogens with zero attached hydrogens (tertiary/aromatic N) is 2. The Morgan fingerprint density at radius 3 is 2.90 bits per heavy atom. The first kappa shape index (κ1) is 13.0. The average molecular weight is 273 g/mol. The van der Waals surface area contributed by atoms with Crippen molar-refractivity contribution in [3.63, 3.8) is 0 Å². The minimum absolute atomic E-state index is 0.258. The third-order valence-corrected chi connectivity index (χ3v) is 3.79. The van der Waals surface area contributed by atoms with Gasteiger partial charge in [0.15, 0.2) is 11.5 Å². The van der Waals surface area contributed by atoms with Crippen molar-refractivity contribution < 1.29 is 9.47 Å². The Hall–Kier alpha value is -2.01. The third kappa shape index (κ3) is 2.36. The summed E-state index contributed by atoms with van der Waals surface area (Å²) in [6.45, 7) is 5.34. The summed E-state index contributed by atoms with van der Waals surface area (Å²) in [4.78, 5) is 0. The van der Waals surface area contributed by atoms with Gasteiger partial charge in [-0.3, -0.25) is 4.68 Å². The molecule has 0 amide bonds. The van der Waals surface area contributed by atoms with Crippen LogP contribution in [0.3, 0.4) is 0 Å². The maximum atomic E-state index is 5.39. The van der Waals surface area contributed by atoms with Gasteiger partial charge in [0.05, 0.1) is 6.20 Å². The average Bonchev–Trinajstić information content (AvgIpc) is 3.03. The second kappa shape index (κ2) is 5.17. The highest BCUT2D eigenvalue weighted by Crippen LogP contribution is 2.32. The molecule has 106 valence electrons. The molecule has 5 heteroatoms. The molecule has 1 N–H and O–H groups in total. The number of ether oxygens (including phenoxy) is 2. The second-order valence-corrected chi connectivity index (χ2v) is 5.10. The number of hydrogen-bond acceptors (Lipinski definition) is 4. The summed E-state index contributed by atoms with van der Waals surface area (Å²) in [6.07, 6.45) is 1.92. The molecule has 0 saturated carbocycles. The van der Waals surface area contributed by atoms with Gasteiger partial charge in [-0.25, -0.2) is 0 Å². The standard InChI is InChI=1S/C15H19N3O2/c1-10(13-8-17-18(3)11(13)2)16-7-12-4-5-14-15(6-12)20-9-19-14/h4-6,8,10,16H,7,9H2,1-3H3. The van der Waals surface area contributed by atoms with E-state index in [0.29, 0.717) is 6.79 Å². The predicted octanol–water partition coefficient (Wildman–Crippen LogP) is 2.31. The summed E-state index contributed by atoms with van der Waals surface area (Å²) in [6, 6.07) is 6.30. The van der Waals surface area contributed by atoms with Gasteiger partial charge in [0, 0.05) is 30.9 Å². The molecule has 20 heavy (non-hydrogen) atoms. The molecule has 1 atom stereocenters. The minimum Gasteiger partial charge on any atom is -0.454 e. The highest BCUT2D eigenvalue weighted by molar-refractivity contribution is 5.44. The maximum Gasteiger partial charge on any atom is 0.231 e. The highest BCUT2D eigenvalue weighted by atomic mass is 16.7. The van der Waals surface area contributed by atoms with Crippen molar-refractivity contribution in [2.75, 3.05) is 6.79 Å². The first-order valence-electron chi connectivity index (χ1n) is 6.75. The van der Waals surface area contributed by atoms with Crippen molar-refractivity contribution in [1.82, 2.24) is 15.1 Å². The number of aryl methyl sites for hydroxylation is 1. The normalized spacial score (nSPS) is 14.6. The van der Waals surface area contributed by atoms with Crippen LogP contribution in [0.2, 0.25) is 0 Å². The molecule has 0 fully saturated rings. The number of nitrogens with one attached hydrogen (secondary N) is 1. The number of fused-ring (bicyclic) bond motifs is 1. The fourth-order valence-electron chi connectivity index (χ4n) is 2.37. The Bertz CT molecular complexity index is 622. The van der Waals surface area contributed by atoms with Gasteiger partial charge in [0.25, 0.3) is 0 Å². The fourth-order valence-corrected chi connectivity index (χ4v) is 2.37. The quantitative estimate of drug-likeness (QED) is 0.928. The molecule has 1 aromatic carbocycles. The van der Waals surface area contributed by atoms with E-state index in [1.165, 1.54) is 16.8 Å². The Morgan fingerprint density at radius 1 is 1.35 bits per heavy atom. The minimum atomic E-state index is 0.258. The van der Waals surface area contributed by atoms with E-state index < -0.39 is 0 Å². The molecule has 3 rings (SSSR count). The summed E-state index contributed by atoms with van der Waals surface area (Å²) >= 11 is 0. The summed E-state index contributed by atoms with van der Waals surface area (Å²) < 4.78 is 12.6. The van der Waals surface area contributed by atoms with Gasteiger partial charge in [-0.1, -0.05) is 6.07 Å². The molecule has 2 heterocycles. The van der Waals surface area contributed by atoms with Crippen LogP contribution in [0.15, 0.2) is 24.4 Å². The van der Waals surface area contributed by atoms with Gasteiger partial charge in [-0.15, -0.1) is 0 Å². The smallest absolute Gasteiger partial charge is 0.231 e. The van der Waals surface area contributed by atoms with Crippen LogP contribution in [0.25, 0.3) is 0 Å². The molecule has 0 aliphatic carbocycles. The van der Waals surface area contributed by atoms with E-state index in [4.69, 9.17) is 9.47 Å². The van der Waals surface area contributed by atoms with Crippen molar-refractivity contribution in [2.24, 2.45) is 7.05 Å². The molecule has 0 saturated heterocycles. The fraction of sp³-hybridized carbons (Fsp3) is 0.400. The first-order valence-corrected chi connectivity index (χ1v) is 6.75. The molecule has 0 spiro atoms. The summed E-state index contributed by atoms with van der Waals surface area (Å²) in [5.41, 5.74) is 3.60. The second-order valence-electron chi connectivity index (χ2n) is 5.10. The van der Waals surface area contributed by atoms with Crippen molar-refractivity contribution in [3.05, 3.63) is 41.2 Å². The van der Waals surface area contributed by atoms with E-state index in [2.05, 4.69) is 30.3 Å². The van der Waals surface area contributed by atoms with Crippen molar-refractivity contribution in [1.29, 1.82) is 0 Å². The van der Waals surface area contributed by atoms with Crippen LogP contribution in [0.4, 0.5) is 0 Å². The van der Waals surface area contributed by atoms with E-state index in [-0.39, 0.29) is 6.04 Å². The van der Waals surface area contributed by atoms with E-state index in [1.54, 1.807) is 0 Å². The summed E-state index contributed by atoms with van der Waals surface area (Å²) in [7, 11) is 1.96. The number of hydrogen-bond donors (Lipinski definition) is 1. The van der Waals surface area contributed by atoms with E-state index in [9.17, 15) is 0 Å². The SMILES string of the molecule is Cc1c(C(C)NCc2ccc3c(c2)OCO3)cnn1C. The number of benzene rings is 1. The molecule has 2 aromatic rings. The topological polar surface area (TPSA) is 48.3 Å². The van der Waals surface area contributed by atoms with Gasteiger partial charge in [-0.2, -0.15) is 5.10 Å². The zero-order chi connectivity index (χ0) is 14.1. The van der Waals surface area contributed by atoms with E-state index in [1.807, 2.05) is 30.1 Å². The first-order chi connectivity index (χ1) is 9.65. The zero-order valence-electron chi connectivity index (χ0n) is 12.0. The molecule has 1 aliphatic rings. The third-order valence-electron chi connectivity index (χ3n) is 3.79. The molecule has 1 aromatic heterocycles. The van der Waals surface area contributed by atoms with Gasteiger partial charge in [0.1, 0.15) is 0 Å². The lowest BCUT2D eigenvalue weighted by Gasteiger charge is -2.14. The van der Waals surface area contributed by atoms with Gasteiger partial charge >= 0.3 is 0 Å². The Labute approximate surface area is 118 Å². The van der Waals surface area contributed by atoms with Crippen LogP contribution in [0, 0.1) is 6.92 Å². The molecule has 0 bridgehead atoms. The lowest BCUT2D eigenvalue weighted by molar-refractivity contribution is 0.174. The van der Waals surface area contributed by atoms with Crippen LogP contribution in [0.1, 0.15) is 29.8 Å². The Morgan fingerprint density at radius 2 is 2.15 bits per heavy atom. The Balaban J connectivity index is 1.66. The summed E-state index contributed by atoms with van der Waals surface area (Å²) in [5.74, 6) is 1.65. The van der Waals surface area contributed by atoms with Gasteiger partial charge < -0.3 is 14.8 Å². The van der Waals surface area contributed by atoms with Crippen molar-refractivity contribution >= 4 is 0 Å².